The first kappa shape index (κ1) is 13.9. The molecule has 0 aliphatic carbocycles. The highest BCUT2D eigenvalue weighted by molar-refractivity contribution is 9.10. The summed E-state index contributed by atoms with van der Waals surface area (Å²) >= 11 is 3.28. The van der Waals surface area contributed by atoms with E-state index >= 15 is 0 Å². The van der Waals surface area contributed by atoms with Gasteiger partial charge in [0.1, 0.15) is 5.75 Å². The van der Waals surface area contributed by atoms with Gasteiger partial charge in [-0.05, 0) is 36.8 Å². The highest BCUT2D eigenvalue weighted by atomic mass is 79.9. The Balaban J connectivity index is 2.01. The average molecular weight is 347 g/mol. The molecular formula is C16H15BrN2O2. The molecule has 2 N–H and O–H groups in total. The van der Waals surface area contributed by atoms with E-state index in [0.717, 1.165) is 28.8 Å². The molecular weight excluding hydrogens is 332 g/mol. The summed E-state index contributed by atoms with van der Waals surface area (Å²) in [5, 5.41) is 13.3. The number of halogens is 1. The number of amides is 1. The van der Waals surface area contributed by atoms with Crippen LogP contribution in [0.2, 0.25) is 0 Å². The standard InChI is InChI=1S/C16H15BrN2O2/c17-11-6-7-12(15(20)10-11)16(21)19-9-3-8-18-13-4-1-2-5-14(13)19/h1-2,4-7,10,18,20H,3,8-9H2. The van der Waals surface area contributed by atoms with E-state index in [0.29, 0.717) is 12.1 Å². The lowest BCUT2D eigenvalue weighted by Gasteiger charge is -2.22. The molecule has 2 aromatic rings. The average Bonchev–Trinajstić information content (AvgIpc) is 2.69. The number of hydrogen-bond donors (Lipinski definition) is 2. The topological polar surface area (TPSA) is 52.6 Å². The third-order valence-electron chi connectivity index (χ3n) is 3.50. The SMILES string of the molecule is O=C(c1ccc(Br)cc1O)N1CCCNc2ccccc21. The fourth-order valence-electron chi connectivity index (χ4n) is 2.48. The number of carbonyl (C=O) groups is 1. The molecule has 0 radical (unpaired) electrons. The second-order valence-electron chi connectivity index (χ2n) is 4.92. The Labute approximate surface area is 131 Å². The van der Waals surface area contributed by atoms with E-state index in [9.17, 15) is 9.90 Å². The van der Waals surface area contributed by atoms with Crippen molar-refractivity contribution in [1.29, 1.82) is 0 Å². The van der Waals surface area contributed by atoms with Gasteiger partial charge in [-0.2, -0.15) is 0 Å². The van der Waals surface area contributed by atoms with Gasteiger partial charge in [0.05, 0.1) is 16.9 Å². The maximum absolute atomic E-state index is 12.8. The largest absolute Gasteiger partial charge is 0.507 e. The predicted molar refractivity (Wildman–Crippen MR) is 87.0 cm³/mol. The smallest absolute Gasteiger partial charge is 0.262 e. The Morgan fingerprint density at radius 1 is 1.24 bits per heavy atom. The van der Waals surface area contributed by atoms with E-state index in [1.165, 1.54) is 6.07 Å². The van der Waals surface area contributed by atoms with Crippen LogP contribution in [0.25, 0.3) is 0 Å². The van der Waals surface area contributed by atoms with Gasteiger partial charge in [-0.3, -0.25) is 4.79 Å². The number of phenols is 1. The molecule has 108 valence electrons. The van der Waals surface area contributed by atoms with Crippen molar-refractivity contribution in [1.82, 2.24) is 0 Å². The van der Waals surface area contributed by atoms with Crippen LogP contribution < -0.4 is 10.2 Å². The Morgan fingerprint density at radius 3 is 2.86 bits per heavy atom. The van der Waals surface area contributed by atoms with Crippen LogP contribution in [-0.4, -0.2) is 24.1 Å². The first-order valence-corrected chi connectivity index (χ1v) is 7.59. The highest BCUT2D eigenvalue weighted by Crippen LogP contribution is 2.31. The van der Waals surface area contributed by atoms with Gasteiger partial charge < -0.3 is 15.3 Å². The minimum atomic E-state index is -0.184. The zero-order valence-electron chi connectivity index (χ0n) is 11.3. The number of nitrogens with one attached hydrogen (secondary N) is 1. The third-order valence-corrected chi connectivity index (χ3v) is 4.00. The molecule has 1 heterocycles. The van der Waals surface area contributed by atoms with Gasteiger partial charge in [0.2, 0.25) is 0 Å². The predicted octanol–water partition coefficient (Wildman–Crippen LogP) is 3.62. The zero-order chi connectivity index (χ0) is 14.8. The number of aromatic hydroxyl groups is 1. The summed E-state index contributed by atoms with van der Waals surface area (Å²) in [5.41, 5.74) is 2.11. The molecule has 4 nitrogen and oxygen atoms in total. The Bertz CT molecular complexity index is 688. The number of phenolic OH excluding ortho intramolecular Hbond substituents is 1. The molecule has 0 saturated carbocycles. The van der Waals surface area contributed by atoms with Crippen molar-refractivity contribution in [2.24, 2.45) is 0 Å². The molecule has 0 atom stereocenters. The van der Waals surface area contributed by atoms with E-state index in [2.05, 4.69) is 21.2 Å². The molecule has 0 unspecified atom stereocenters. The van der Waals surface area contributed by atoms with E-state index in [4.69, 9.17) is 0 Å². The fraction of sp³-hybridized carbons (Fsp3) is 0.188. The molecule has 0 aromatic heterocycles. The van der Waals surface area contributed by atoms with Gasteiger partial charge in [0, 0.05) is 17.6 Å². The molecule has 2 aromatic carbocycles. The molecule has 0 fully saturated rings. The number of hydrogen-bond acceptors (Lipinski definition) is 3. The first-order valence-electron chi connectivity index (χ1n) is 6.80. The second-order valence-corrected chi connectivity index (χ2v) is 5.83. The number of fused-ring (bicyclic) bond motifs is 1. The molecule has 1 amide bonds. The monoisotopic (exact) mass is 346 g/mol. The molecule has 3 rings (SSSR count). The maximum Gasteiger partial charge on any atom is 0.262 e. The van der Waals surface area contributed by atoms with Crippen molar-refractivity contribution >= 4 is 33.2 Å². The Hall–Kier alpha value is -2.01. The van der Waals surface area contributed by atoms with Crippen LogP contribution >= 0.6 is 15.9 Å². The molecule has 21 heavy (non-hydrogen) atoms. The van der Waals surface area contributed by atoms with Gasteiger partial charge in [0.15, 0.2) is 0 Å². The van der Waals surface area contributed by atoms with Gasteiger partial charge in [-0.25, -0.2) is 0 Å². The molecule has 1 aliphatic rings. The normalized spacial score (nSPS) is 14.0. The number of para-hydroxylation sites is 2. The second kappa shape index (κ2) is 5.77. The van der Waals surface area contributed by atoms with Crippen molar-refractivity contribution in [2.75, 3.05) is 23.3 Å². The first-order chi connectivity index (χ1) is 10.2. The van der Waals surface area contributed by atoms with Crippen molar-refractivity contribution in [3.63, 3.8) is 0 Å². The van der Waals surface area contributed by atoms with Gasteiger partial charge in [0.25, 0.3) is 5.91 Å². The summed E-state index contributed by atoms with van der Waals surface area (Å²) in [4.78, 5) is 14.5. The van der Waals surface area contributed by atoms with E-state index < -0.39 is 0 Å². The fourth-order valence-corrected chi connectivity index (χ4v) is 2.83. The number of rotatable bonds is 1. The van der Waals surface area contributed by atoms with Crippen molar-refractivity contribution in [3.05, 3.63) is 52.5 Å². The van der Waals surface area contributed by atoms with E-state index in [1.54, 1.807) is 17.0 Å². The molecule has 0 saturated heterocycles. The van der Waals surface area contributed by atoms with Crippen LogP contribution in [0, 0.1) is 0 Å². The lowest BCUT2D eigenvalue weighted by atomic mass is 10.1. The summed E-state index contributed by atoms with van der Waals surface area (Å²) in [7, 11) is 0. The summed E-state index contributed by atoms with van der Waals surface area (Å²) in [6.07, 6.45) is 0.859. The third kappa shape index (κ3) is 2.74. The number of nitrogens with zero attached hydrogens (tertiary/aromatic N) is 1. The number of carbonyl (C=O) groups excluding carboxylic acids is 1. The van der Waals surface area contributed by atoms with Crippen LogP contribution in [-0.2, 0) is 0 Å². The summed E-state index contributed by atoms with van der Waals surface area (Å²) in [5.74, 6) is -0.194. The molecule has 5 heteroatoms. The lowest BCUT2D eigenvalue weighted by molar-refractivity contribution is 0.0984. The van der Waals surface area contributed by atoms with Gasteiger partial charge >= 0.3 is 0 Å². The molecule has 1 aliphatic heterocycles. The van der Waals surface area contributed by atoms with Crippen molar-refractivity contribution < 1.29 is 9.90 Å². The molecule has 0 bridgehead atoms. The van der Waals surface area contributed by atoms with Crippen LogP contribution in [0.4, 0.5) is 11.4 Å². The summed E-state index contributed by atoms with van der Waals surface area (Å²) < 4.78 is 0.745. The lowest BCUT2D eigenvalue weighted by Crippen LogP contribution is -2.31. The van der Waals surface area contributed by atoms with Crippen LogP contribution in [0.1, 0.15) is 16.8 Å². The number of anilines is 2. The Morgan fingerprint density at radius 2 is 2.05 bits per heavy atom. The van der Waals surface area contributed by atoms with E-state index in [1.807, 2.05) is 24.3 Å². The van der Waals surface area contributed by atoms with Crippen LogP contribution in [0.3, 0.4) is 0 Å². The van der Waals surface area contributed by atoms with Crippen molar-refractivity contribution in [2.45, 2.75) is 6.42 Å². The zero-order valence-corrected chi connectivity index (χ0v) is 12.9. The Kier molecular flexibility index (Phi) is 3.84. The maximum atomic E-state index is 12.8. The number of benzene rings is 2. The van der Waals surface area contributed by atoms with Crippen LogP contribution in [0.15, 0.2) is 46.9 Å². The molecule has 0 spiro atoms. The summed E-state index contributed by atoms with van der Waals surface area (Å²) in [6.45, 7) is 1.45. The highest BCUT2D eigenvalue weighted by Gasteiger charge is 2.23. The summed E-state index contributed by atoms with van der Waals surface area (Å²) in [6, 6.07) is 12.7. The van der Waals surface area contributed by atoms with E-state index in [-0.39, 0.29) is 11.7 Å². The quantitative estimate of drug-likeness (QED) is 0.829. The van der Waals surface area contributed by atoms with Gasteiger partial charge in [-0.15, -0.1) is 0 Å². The van der Waals surface area contributed by atoms with Gasteiger partial charge in [-0.1, -0.05) is 28.1 Å². The minimum absolute atomic E-state index is 0.0101. The van der Waals surface area contributed by atoms with Crippen molar-refractivity contribution in [3.8, 4) is 5.75 Å². The van der Waals surface area contributed by atoms with Crippen LogP contribution in [0.5, 0.6) is 5.75 Å². The minimum Gasteiger partial charge on any atom is -0.507 e.